The Labute approximate surface area is 66.1 Å². The highest BCUT2D eigenvalue weighted by molar-refractivity contribution is 7.62. The quantitative estimate of drug-likeness (QED) is 0.555. The van der Waals surface area contributed by atoms with E-state index < -0.39 is 22.2 Å². The molecule has 0 unspecified atom stereocenters. The van der Waals surface area contributed by atoms with Crippen LogP contribution < -0.4 is 0 Å². The van der Waals surface area contributed by atoms with E-state index in [9.17, 15) is 13.2 Å². The molecule has 5 nitrogen and oxygen atoms in total. The van der Waals surface area contributed by atoms with Crippen LogP contribution in [-0.4, -0.2) is 20.1 Å². The SMILES string of the molecule is CC(C)(C)OC(=O)N=S(=O)=O. The average Bonchev–Trinajstić information content (AvgIpc) is 1.53. The van der Waals surface area contributed by atoms with E-state index in [0.29, 0.717) is 0 Å². The van der Waals surface area contributed by atoms with Crippen molar-refractivity contribution in [3.63, 3.8) is 0 Å². The molecule has 0 saturated carbocycles. The van der Waals surface area contributed by atoms with Crippen LogP contribution in [0.15, 0.2) is 4.36 Å². The van der Waals surface area contributed by atoms with Crippen molar-refractivity contribution in [1.82, 2.24) is 0 Å². The normalized spacial score (nSPS) is 10.5. The van der Waals surface area contributed by atoms with Gasteiger partial charge < -0.3 is 4.74 Å². The molecule has 64 valence electrons. The van der Waals surface area contributed by atoms with Crippen molar-refractivity contribution in [2.75, 3.05) is 0 Å². The molecule has 0 bridgehead atoms. The fourth-order valence-electron chi connectivity index (χ4n) is 0.341. The highest BCUT2D eigenvalue weighted by Crippen LogP contribution is 2.07. The molecule has 0 spiro atoms. The summed E-state index contributed by atoms with van der Waals surface area (Å²) in [4.78, 5) is 10.5. The van der Waals surface area contributed by atoms with Gasteiger partial charge in [-0.25, -0.2) is 4.79 Å². The Kier molecular flexibility index (Phi) is 3.18. The van der Waals surface area contributed by atoms with E-state index in [1.807, 2.05) is 0 Å². The van der Waals surface area contributed by atoms with Crippen molar-refractivity contribution in [3.05, 3.63) is 0 Å². The lowest BCUT2D eigenvalue weighted by atomic mass is 10.2. The number of hydrogen-bond donors (Lipinski definition) is 0. The van der Waals surface area contributed by atoms with Gasteiger partial charge in [-0.05, 0) is 20.8 Å². The van der Waals surface area contributed by atoms with Crippen LogP contribution in [-0.2, 0) is 15.2 Å². The first kappa shape index (κ1) is 10.1. The molecule has 0 aromatic heterocycles. The molecule has 0 aliphatic rings. The van der Waals surface area contributed by atoms with Crippen molar-refractivity contribution in [2.45, 2.75) is 26.4 Å². The van der Waals surface area contributed by atoms with E-state index in [0.717, 1.165) is 0 Å². The Morgan fingerprint density at radius 1 is 1.36 bits per heavy atom. The Hall–Kier alpha value is -0.910. The summed E-state index contributed by atoms with van der Waals surface area (Å²) >= 11 is 0. The zero-order valence-corrected chi connectivity index (χ0v) is 7.30. The Morgan fingerprint density at radius 2 is 1.82 bits per heavy atom. The highest BCUT2D eigenvalue weighted by Gasteiger charge is 2.15. The summed E-state index contributed by atoms with van der Waals surface area (Å²) in [5.41, 5.74) is -0.708. The van der Waals surface area contributed by atoms with Gasteiger partial charge in [0.2, 0.25) is 0 Å². The topological polar surface area (TPSA) is 72.8 Å². The summed E-state index contributed by atoms with van der Waals surface area (Å²) in [6, 6.07) is 0. The number of carbonyl (C=O) groups excluding carboxylic acids is 1. The van der Waals surface area contributed by atoms with Crippen molar-refractivity contribution >= 4 is 16.6 Å². The monoisotopic (exact) mass is 179 g/mol. The number of nitrogens with zero attached hydrogens (tertiary/aromatic N) is 1. The van der Waals surface area contributed by atoms with Crippen LogP contribution in [0.5, 0.6) is 0 Å². The van der Waals surface area contributed by atoms with Gasteiger partial charge in [-0.2, -0.15) is 8.42 Å². The second-order valence-electron chi connectivity index (χ2n) is 2.79. The van der Waals surface area contributed by atoms with Crippen LogP contribution >= 0.6 is 0 Å². The lowest BCUT2D eigenvalue weighted by molar-refractivity contribution is 0.0608. The molecule has 0 saturated heterocycles. The zero-order valence-electron chi connectivity index (χ0n) is 6.49. The lowest BCUT2D eigenvalue weighted by Gasteiger charge is -2.16. The molecule has 1 amide bonds. The van der Waals surface area contributed by atoms with Gasteiger partial charge in [0.1, 0.15) is 5.60 Å². The number of rotatable bonds is 0. The first-order valence-electron chi connectivity index (χ1n) is 2.85. The molecule has 0 aliphatic heterocycles. The number of carbonyl (C=O) groups is 1. The van der Waals surface area contributed by atoms with Gasteiger partial charge in [0.05, 0.1) is 0 Å². The van der Waals surface area contributed by atoms with E-state index in [1.54, 1.807) is 20.8 Å². The molecule has 0 aromatic rings. The molecule has 0 aromatic carbocycles. The first-order chi connectivity index (χ1) is 4.81. The second-order valence-corrected chi connectivity index (χ2v) is 3.41. The molecule has 0 radical (unpaired) electrons. The maximum Gasteiger partial charge on any atom is 0.449 e. The number of ether oxygens (including phenoxy) is 1. The molecule has 11 heavy (non-hydrogen) atoms. The molecular formula is C5H9NO4S. The van der Waals surface area contributed by atoms with Crippen LogP contribution in [0.4, 0.5) is 4.79 Å². The van der Waals surface area contributed by atoms with Gasteiger partial charge in [-0.15, -0.1) is 0 Å². The van der Waals surface area contributed by atoms with E-state index in [4.69, 9.17) is 0 Å². The first-order valence-corrected chi connectivity index (χ1v) is 3.88. The Morgan fingerprint density at radius 3 is 2.09 bits per heavy atom. The summed E-state index contributed by atoms with van der Waals surface area (Å²) in [6.45, 7) is 4.86. The van der Waals surface area contributed by atoms with Gasteiger partial charge in [-0.3, -0.25) is 0 Å². The standard InChI is InChI=1S/C5H9NO4S/c1-5(2,3)10-4(7)6-11(8)9/h1-3H3. The van der Waals surface area contributed by atoms with Crippen LogP contribution in [0.2, 0.25) is 0 Å². The van der Waals surface area contributed by atoms with Crippen molar-refractivity contribution in [3.8, 4) is 0 Å². The van der Waals surface area contributed by atoms with Gasteiger partial charge in [-0.1, -0.05) is 4.36 Å². The molecule has 0 fully saturated rings. The lowest BCUT2D eigenvalue weighted by Crippen LogP contribution is -2.21. The minimum atomic E-state index is -2.73. The van der Waals surface area contributed by atoms with E-state index in [-0.39, 0.29) is 0 Å². The third-order valence-corrected chi connectivity index (χ3v) is 0.841. The van der Waals surface area contributed by atoms with Crippen LogP contribution in [0.3, 0.4) is 0 Å². The Balaban J connectivity index is 4.23. The van der Waals surface area contributed by atoms with Crippen LogP contribution in [0.1, 0.15) is 20.8 Å². The van der Waals surface area contributed by atoms with Crippen LogP contribution in [0, 0.1) is 0 Å². The summed E-state index contributed by atoms with van der Waals surface area (Å²) in [6.07, 6.45) is -1.09. The predicted molar refractivity (Wildman–Crippen MR) is 37.6 cm³/mol. The van der Waals surface area contributed by atoms with E-state index >= 15 is 0 Å². The average molecular weight is 179 g/mol. The van der Waals surface area contributed by atoms with Gasteiger partial charge >= 0.3 is 16.6 Å². The van der Waals surface area contributed by atoms with E-state index in [2.05, 4.69) is 9.10 Å². The van der Waals surface area contributed by atoms with Gasteiger partial charge in [0, 0.05) is 0 Å². The highest BCUT2D eigenvalue weighted by atomic mass is 32.2. The molecule has 6 heteroatoms. The summed E-state index contributed by atoms with van der Waals surface area (Å²) in [5, 5.41) is 0. The molecule has 0 atom stereocenters. The summed E-state index contributed by atoms with van der Waals surface area (Å²) in [5.74, 6) is 0. The van der Waals surface area contributed by atoms with Gasteiger partial charge in [0.25, 0.3) is 0 Å². The van der Waals surface area contributed by atoms with Crippen molar-refractivity contribution in [1.29, 1.82) is 0 Å². The molecular weight excluding hydrogens is 170 g/mol. The third kappa shape index (κ3) is 6.98. The summed E-state index contributed by atoms with van der Waals surface area (Å²) < 4.78 is 26.8. The number of amides is 1. The van der Waals surface area contributed by atoms with Crippen LogP contribution in [0.25, 0.3) is 0 Å². The maximum absolute atomic E-state index is 10.5. The minimum Gasteiger partial charge on any atom is -0.441 e. The fourth-order valence-corrected chi connectivity index (χ4v) is 0.500. The largest absolute Gasteiger partial charge is 0.449 e. The fraction of sp³-hybridized carbons (Fsp3) is 0.800. The maximum atomic E-state index is 10.5. The van der Waals surface area contributed by atoms with E-state index in [1.165, 1.54) is 0 Å². The van der Waals surface area contributed by atoms with Crippen molar-refractivity contribution < 1.29 is 17.9 Å². The third-order valence-electron chi connectivity index (χ3n) is 0.543. The minimum absolute atomic E-state index is 0.708. The molecule has 0 N–H and O–H groups in total. The zero-order chi connectivity index (χ0) is 9.07. The van der Waals surface area contributed by atoms with Crippen molar-refractivity contribution in [2.24, 2.45) is 4.36 Å². The summed E-state index contributed by atoms with van der Waals surface area (Å²) in [7, 11) is -2.73. The smallest absolute Gasteiger partial charge is 0.441 e. The Bertz CT molecular complexity index is 263. The number of hydrogen-bond acceptors (Lipinski definition) is 4. The van der Waals surface area contributed by atoms with Gasteiger partial charge in [0.15, 0.2) is 0 Å². The second kappa shape index (κ2) is 3.47. The molecule has 0 rings (SSSR count). The molecule has 0 aliphatic carbocycles. The predicted octanol–water partition coefficient (Wildman–Crippen LogP) is 0.984. The molecule has 0 heterocycles.